The molecule has 146 valence electrons. The van der Waals surface area contributed by atoms with Gasteiger partial charge < -0.3 is 9.84 Å². The first-order valence-corrected chi connectivity index (χ1v) is 10.8. The van der Waals surface area contributed by atoms with Gasteiger partial charge in [0.15, 0.2) is 0 Å². The van der Waals surface area contributed by atoms with Crippen molar-refractivity contribution < 1.29 is 9.84 Å². The van der Waals surface area contributed by atoms with E-state index in [0.29, 0.717) is 23.7 Å². The highest BCUT2D eigenvalue weighted by Gasteiger charge is 2.63. The number of hydrogen-bond donors (Lipinski definition) is 1. The van der Waals surface area contributed by atoms with Gasteiger partial charge in [-0.15, -0.1) is 0 Å². The van der Waals surface area contributed by atoms with Crippen LogP contribution in [0.4, 0.5) is 0 Å². The lowest BCUT2D eigenvalue weighted by molar-refractivity contribution is -0.0512. The minimum absolute atomic E-state index is 0.00479. The topological polar surface area (TPSA) is 32.7 Å². The number of aliphatic hydroxyl groups excluding tert-OH is 1. The highest BCUT2D eigenvalue weighted by Crippen LogP contribution is 2.56. The van der Waals surface area contributed by atoms with Crippen molar-refractivity contribution in [2.45, 2.75) is 69.3 Å². The third-order valence-corrected chi connectivity index (χ3v) is 8.18. The molecule has 1 N–H and O–H groups in total. The van der Waals surface area contributed by atoms with Gasteiger partial charge in [-0.1, -0.05) is 55.8 Å². The molecule has 2 bridgehead atoms. The Morgan fingerprint density at radius 1 is 1.19 bits per heavy atom. The Hall–Kier alpha value is -1.16. The molecule has 5 rings (SSSR count). The summed E-state index contributed by atoms with van der Waals surface area (Å²) in [6.07, 6.45) is 7.99. The van der Waals surface area contributed by atoms with Gasteiger partial charge in [-0.25, -0.2) is 0 Å². The van der Waals surface area contributed by atoms with E-state index in [2.05, 4.69) is 68.2 Å². The minimum Gasteiger partial charge on any atom is -0.393 e. The maximum atomic E-state index is 10.8. The Morgan fingerprint density at radius 2 is 1.96 bits per heavy atom. The Labute approximate surface area is 163 Å². The van der Waals surface area contributed by atoms with Gasteiger partial charge in [0.1, 0.15) is 5.60 Å². The number of ether oxygens (including phenoxy) is 1. The summed E-state index contributed by atoms with van der Waals surface area (Å²) in [5, 5.41) is 10.8. The number of fused-ring (bicyclic) bond motifs is 1. The summed E-state index contributed by atoms with van der Waals surface area (Å²) >= 11 is 0. The van der Waals surface area contributed by atoms with Gasteiger partial charge in [0, 0.05) is 36.4 Å². The third kappa shape index (κ3) is 2.66. The average Bonchev–Trinajstić information content (AvgIpc) is 3.30. The maximum Gasteiger partial charge on any atom is 0.104 e. The fourth-order valence-electron chi connectivity index (χ4n) is 6.55. The molecule has 0 radical (unpaired) electrons. The number of benzene rings is 1. The van der Waals surface area contributed by atoms with E-state index in [1.54, 1.807) is 0 Å². The Morgan fingerprint density at radius 3 is 2.70 bits per heavy atom. The largest absolute Gasteiger partial charge is 0.393 e. The molecule has 27 heavy (non-hydrogen) atoms. The molecule has 1 saturated carbocycles. The molecule has 3 nitrogen and oxygen atoms in total. The molecule has 3 heterocycles. The lowest BCUT2D eigenvalue weighted by Gasteiger charge is -2.47. The van der Waals surface area contributed by atoms with Crippen LogP contribution in [0.3, 0.4) is 0 Å². The Balaban J connectivity index is 1.41. The zero-order valence-corrected chi connectivity index (χ0v) is 16.8. The quantitative estimate of drug-likeness (QED) is 0.820. The predicted octanol–water partition coefficient (Wildman–Crippen LogP) is 3.99. The number of hydrogen-bond acceptors (Lipinski definition) is 3. The summed E-state index contributed by atoms with van der Waals surface area (Å²) in [5.74, 6) is 1.95. The fraction of sp³-hybridized carbons (Fsp3) is 0.667. The second kappa shape index (κ2) is 6.17. The molecule has 3 aliphatic heterocycles. The number of aliphatic hydroxyl groups is 1. The first kappa shape index (κ1) is 17.9. The van der Waals surface area contributed by atoms with E-state index in [9.17, 15) is 5.11 Å². The SMILES string of the molecule is C[C@@H]1CC[C@@H](C(C)(C)N2C[C@@H]3[C@@H](c4ccccc4)[C@H]4C=C[C@]3(C2)O4)[C@H](O)C1. The molecule has 0 unspecified atom stereocenters. The standard InChI is InChI=1S/C24H33NO2/c1-16-9-10-18(20(26)13-16)23(2,3)25-14-19-22(17-7-5-4-6-8-17)21-11-12-24(19,15-25)27-21/h4-8,11-12,16,18-22,26H,9-10,13-15H2,1-3H3/t16-,18-,19-,20-,21-,22-,24-/m1/s1. The van der Waals surface area contributed by atoms with Gasteiger partial charge in [0.2, 0.25) is 0 Å². The summed E-state index contributed by atoms with van der Waals surface area (Å²) in [6.45, 7) is 8.99. The molecular formula is C24H33NO2. The Kier molecular flexibility index (Phi) is 4.09. The van der Waals surface area contributed by atoms with E-state index >= 15 is 0 Å². The monoisotopic (exact) mass is 367 g/mol. The van der Waals surface area contributed by atoms with E-state index in [1.165, 1.54) is 12.0 Å². The van der Waals surface area contributed by atoms with E-state index < -0.39 is 0 Å². The average molecular weight is 368 g/mol. The molecule has 1 aromatic carbocycles. The highest BCUT2D eigenvalue weighted by atomic mass is 16.5. The summed E-state index contributed by atoms with van der Waals surface area (Å²) in [6, 6.07) is 10.9. The van der Waals surface area contributed by atoms with Crippen molar-refractivity contribution in [1.82, 2.24) is 4.90 Å². The lowest BCUT2D eigenvalue weighted by atomic mass is 9.71. The number of likely N-dealkylation sites (tertiary alicyclic amines) is 1. The third-order valence-electron chi connectivity index (χ3n) is 8.18. The number of rotatable bonds is 3. The van der Waals surface area contributed by atoms with E-state index in [1.807, 2.05) is 0 Å². The molecule has 1 spiro atoms. The minimum atomic E-state index is -0.181. The van der Waals surface area contributed by atoms with Crippen molar-refractivity contribution in [2.24, 2.45) is 17.8 Å². The van der Waals surface area contributed by atoms with Crippen LogP contribution in [0.25, 0.3) is 0 Å². The van der Waals surface area contributed by atoms with Crippen molar-refractivity contribution in [2.75, 3.05) is 13.1 Å². The molecule has 0 aromatic heterocycles. The zero-order chi connectivity index (χ0) is 18.8. The molecule has 2 saturated heterocycles. The first-order chi connectivity index (χ1) is 12.9. The van der Waals surface area contributed by atoms with Gasteiger partial charge in [0.05, 0.1) is 12.2 Å². The summed E-state index contributed by atoms with van der Waals surface area (Å²) in [4.78, 5) is 2.63. The van der Waals surface area contributed by atoms with Crippen LogP contribution in [-0.4, -0.2) is 46.4 Å². The van der Waals surface area contributed by atoms with Crippen LogP contribution in [0.1, 0.15) is 51.5 Å². The molecular weight excluding hydrogens is 334 g/mol. The van der Waals surface area contributed by atoms with Gasteiger partial charge in [-0.05, 0) is 38.2 Å². The Bertz CT molecular complexity index is 729. The zero-order valence-electron chi connectivity index (χ0n) is 16.8. The van der Waals surface area contributed by atoms with Crippen LogP contribution < -0.4 is 0 Å². The van der Waals surface area contributed by atoms with Gasteiger partial charge in [-0.3, -0.25) is 4.90 Å². The van der Waals surface area contributed by atoms with Gasteiger partial charge >= 0.3 is 0 Å². The summed E-state index contributed by atoms with van der Waals surface area (Å²) < 4.78 is 6.59. The molecule has 7 atom stereocenters. The second-order valence-corrected chi connectivity index (χ2v) is 10.1. The van der Waals surface area contributed by atoms with Crippen molar-refractivity contribution >= 4 is 0 Å². The summed E-state index contributed by atoms with van der Waals surface area (Å²) in [5.41, 5.74) is 1.27. The van der Waals surface area contributed by atoms with Crippen LogP contribution in [0.15, 0.2) is 42.5 Å². The second-order valence-electron chi connectivity index (χ2n) is 10.1. The van der Waals surface area contributed by atoms with Crippen molar-refractivity contribution in [1.29, 1.82) is 0 Å². The van der Waals surface area contributed by atoms with Crippen molar-refractivity contribution in [3.05, 3.63) is 48.0 Å². The predicted molar refractivity (Wildman–Crippen MR) is 108 cm³/mol. The molecule has 3 fully saturated rings. The number of nitrogens with zero attached hydrogens (tertiary/aromatic N) is 1. The molecule has 3 heteroatoms. The normalized spacial score (nSPS) is 44.0. The fourth-order valence-corrected chi connectivity index (χ4v) is 6.55. The van der Waals surface area contributed by atoms with Crippen molar-refractivity contribution in [3.63, 3.8) is 0 Å². The maximum absolute atomic E-state index is 10.8. The van der Waals surface area contributed by atoms with Gasteiger partial charge in [-0.2, -0.15) is 0 Å². The molecule has 1 aromatic rings. The van der Waals surface area contributed by atoms with Crippen LogP contribution in [0.2, 0.25) is 0 Å². The van der Waals surface area contributed by atoms with Crippen LogP contribution in [0, 0.1) is 17.8 Å². The van der Waals surface area contributed by atoms with Crippen LogP contribution in [0.5, 0.6) is 0 Å². The molecule has 4 aliphatic rings. The van der Waals surface area contributed by atoms with E-state index in [0.717, 1.165) is 25.9 Å². The molecule has 1 aliphatic carbocycles. The van der Waals surface area contributed by atoms with Crippen molar-refractivity contribution in [3.8, 4) is 0 Å². The van der Waals surface area contributed by atoms with E-state index in [-0.39, 0.29) is 23.3 Å². The van der Waals surface area contributed by atoms with Gasteiger partial charge in [0.25, 0.3) is 0 Å². The first-order valence-electron chi connectivity index (χ1n) is 10.8. The lowest BCUT2D eigenvalue weighted by Crippen LogP contribution is -2.54. The van der Waals surface area contributed by atoms with Crippen LogP contribution in [-0.2, 0) is 4.74 Å². The summed E-state index contributed by atoms with van der Waals surface area (Å²) in [7, 11) is 0. The molecule has 0 amide bonds. The highest BCUT2D eigenvalue weighted by molar-refractivity contribution is 5.36. The van der Waals surface area contributed by atoms with E-state index in [4.69, 9.17) is 4.74 Å². The smallest absolute Gasteiger partial charge is 0.104 e. The van der Waals surface area contributed by atoms with Crippen LogP contribution >= 0.6 is 0 Å².